The lowest BCUT2D eigenvalue weighted by molar-refractivity contribution is 1.03. The minimum Gasteiger partial charge on any atom is -0.328 e. The van der Waals surface area contributed by atoms with Gasteiger partial charge < -0.3 is 5.32 Å². The average Bonchev–Trinajstić information content (AvgIpc) is 3.44. The van der Waals surface area contributed by atoms with Crippen LogP contribution in [0.4, 0.5) is 10.8 Å². The number of nitrogens with zero attached hydrogens (tertiary/aromatic N) is 5. The highest BCUT2D eigenvalue weighted by atomic mass is 35.5. The van der Waals surface area contributed by atoms with Gasteiger partial charge >= 0.3 is 0 Å². The molecule has 0 spiro atoms. The van der Waals surface area contributed by atoms with Crippen molar-refractivity contribution < 1.29 is 0 Å². The molecule has 0 saturated heterocycles. The SMILES string of the molecule is Cc1cc(Nc2nc(Sc3ccccc3Cl)cn3c(-c4cn[nH]c4)cnc23)sn1. The van der Waals surface area contributed by atoms with Crippen LogP contribution in [-0.4, -0.2) is 28.9 Å². The number of anilines is 2. The van der Waals surface area contributed by atoms with Gasteiger partial charge in [0, 0.05) is 22.9 Å². The third-order valence-corrected chi connectivity index (χ3v) is 6.40. The molecule has 0 amide bonds. The van der Waals surface area contributed by atoms with Crippen molar-refractivity contribution >= 4 is 51.4 Å². The predicted octanol–water partition coefficient (Wildman–Crippen LogP) is 5.43. The Labute approximate surface area is 179 Å². The summed E-state index contributed by atoms with van der Waals surface area (Å²) in [7, 11) is 0. The number of hydrogen-bond acceptors (Lipinski definition) is 7. The number of aromatic nitrogens is 6. The Hall–Kier alpha value is -2.88. The molecule has 0 saturated carbocycles. The Morgan fingerprint density at radius 2 is 2.14 bits per heavy atom. The van der Waals surface area contributed by atoms with Crippen LogP contribution >= 0.6 is 34.9 Å². The van der Waals surface area contributed by atoms with Gasteiger partial charge in [-0.2, -0.15) is 9.47 Å². The van der Waals surface area contributed by atoms with Crippen molar-refractivity contribution in [3.8, 4) is 11.3 Å². The van der Waals surface area contributed by atoms with Gasteiger partial charge in [-0.3, -0.25) is 9.50 Å². The Morgan fingerprint density at radius 1 is 1.24 bits per heavy atom. The number of aromatic amines is 1. The molecule has 0 atom stereocenters. The van der Waals surface area contributed by atoms with Crippen LogP contribution in [0.15, 0.2) is 65.0 Å². The Kier molecular flexibility index (Phi) is 4.70. The monoisotopic (exact) mass is 439 g/mol. The second-order valence-corrected chi connectivity index (χ2v) is 8.52. The highest BCUT2D eigenvalue weighted by molar-refractivity contribution is 7.99. The molecule has 10 heteroatoms. The van der Waals surface area contributed by atoms with E-state index >= 15 is 0 Å². The van der Waals surface area contributed by atoms with Crippen molar-refractivity contribution in [1.29, 1.82) is 0 Å². The Balaban J connectivity index is 1.64. The van der Waals surface area contributed by atoms with Crippen LogP contribution in [0, 0.1) is 6.92 Å². The van der Waals surface area contributed by atoms with E-state index in [4.69, 9.17) is 16.6 Å². The van der Waals surface area contributed by atoms with Crippen molar-refractivity contribution in [3.05, 3.63) is 65.8 Å². The summed E-state index contributed by atoms with van der Waals surface area (Å²) in [6, 6.07) is 9.70. The molecule has 0 aliphatic heterocycles. The highest BCUT2D eigenvalue weighted by Gasteiger charge is 2.15. The first-order chi connectivity index (χ1) is 14.2. The van der Waals surface area contributed by atoms with E-state index in [1.165, 1.54) is 23.3 Å². The van der Waals surface area contributed by atoms with Crippen molar-refractivity contribution in [3.63, 3.8) is 0 Å². The molecule has 2 N–H and O–H groups in total. The van der Waals surface area contributed by atoms with Crippen LogP contribution < -0.4 is 5.32 Å². The molecule has 4 heterocycles. The van der Waals surface area contributed by atoms with Gasteiger partial charge in [-0.1, -0.05) is 35.5 Å². The molecule has 0 bridgehead atoms. The third-order valence-electron chi connectivity index (χ3n) is 4.18. The number of halogens is 1. The molecule has 5 rings (SSSR count). The minimum atomic E-state index is 0.653. The van der Waals surface area contributed by atoms with Gasteiger partial charge in [0.25, 0.3) is 0 Å². The zero-order valence-corrected chi connectivity index (χ0v) is 17.5. The molecular formula is C19H14ClN7S2. The molecule has 1 aromatic carbocycles. The maximum Gasteiger partial charge on any atom is 0.181 e. The van der Waals surface area contributed by atoms with Crippen LogP contribution in [0.5, 0.6) is 0 Å². The molecular weight excluding hydrogens is 426 g/mol. The number of hydrogen-bond donors (Lipinski definition) is 2. The second kappa shape index (κ2) is 7.51. The lowest BCUT2D eigenvalue weighted by Crippen LogP contribution is -2.00. The van der Waals surface area contributed by atoms with Crippen LogP contribution in [0.1, 0.15) is 5.69 Å². The summed E-state index contributed by atoms with van der Waals surface area (Å²) in [6.45, 7) is 1.96. The second-order valence-electron chi connectivity index (χ2n) is 6.24. The number of aryl methyl sites for hydroxylation is 1. The molecule has 0 fully saturated rings. The van der Waals surface area contributed by atoms with Gasteiger partial charge in [-0.05, 0) is 36.7 Å². The smallest absolute Gasteiger partial charge is 0.181 e. The first-order valence-corrected chi connectivity index (χ1v) is 10.6. The summed E-state index contributed by atoms with van der Waals surface area (Å²) in [5.41, 5.74) is 3.53. The van der Waals surface area contributed by atoms with Gasteiger partial charge in [0.05, 0.1) is 28.8 Å². The summed E-state index contributed by atoms with van der Waals surface area (Å²) >= 11 is 9.24. The van der Waals surface area contributed by atoms with Crippen LogP contribution in [-0.2, 0) is 0 Å². The minimum absolute atomic E-state index is 0.653. The molecule has 0 aliphatic rings. The van der Waals surface area contributed by atoms with Gasteiger partial charge in [-0.15, -0.1) is 0 Å². The zero-order valence-electron chi connectivity index (χ0n) is 15.1. The van der Waals surface area contributed by atoms with Gasteiger partial charge in [0.2, 0.25) is 0 Å². The van der Waals surface area contributed by atoms with E-state index in [-0.39, 0.29) is 0 Å². The number of H-pyrrole nitrogens is 1. The normalized spacial score (nSPS) is 11.2. The maximum atomic E-state index is 6.35. The fourth-order valence-corrected chi connectivity index (χ4v) is 4.63. The van der Waals surface area contributed by atoms with Gasteiger partial charge in [0.1, 0.15) is 10.0 Å². The van der Waals surface area contributed by atoms with Gasteiger partial charge in [0.15, 0.2) is 11.5 Å². The highest BCUT2D eigenvalue weighted by Crippen LogP contribution is 2.35. The quantitative estimate of drug-likeness (QED) is 0.379. The number of imidazole rings is 1. The van der Waals surface area contributed by atoms with E-state index in [0.29, 0.717) is 10.8 Å². The summed E-state index contributed by atoms with van der Waals surface area (Å²) in [6.07, 6.45) is 7.38. The summed E-state index contributed by atoms with van der Waals surface area (Å²) < 4.78 is 6.34. The molecule has 4 aromatic heterocycles. The first-order valence-electron chi connectivity index (χ1n) is 8.67. The lowest BCUT2D eigenvalue weighted by atomic mass is 10.3. The molecule has 7 nitrogen and oxygen atoms in total. The summed E-state index contributed by atoms with van der Waals surface area (Å²) in [5.74, 6) is 0.653. The van der Waals surface area contributed by atoms with E-state index in [2.05, 4.69) is 24.9 Å². The predicted molar refractivity (Wildman–Crippen MR) is 116 cm³/mol. The molecule has 144 valence electrons. The summed E-state index contributed by atoms with van der Waals surface area (Å²) in [4.78, 5) is 10.3. The Bertz CT molecular complexity index is 1290. The molecule has 0 unspecified atom stereocenters. The molecule has 29 heavy (non-hydrogen) atoms. The molecule has 0 aliphatic carbocycles. The zero-order chi connectivity index (χ0) is 19.8. The fourth-order valence-electron chi connectivity index (χ4n) is 2.88. The van der Waals surface area contributed by atoms with Crippen molar-refractivity contribution in [1.82, 2.24) is 28.9 Å². The number of rotatable bonds is 5. The van der Waals surface area contributed by atoms with E-state index in [1.807, 2.05) is 60.2 Å². The Morgan fingerprint density at radius 3 is 2.90 bits per heavy atom. The van der Waals surface area contributed by atoms with Gasteiger partial charge in [-0.25, -0.2) is 9.97 Å². The standard InChI is InChI=1S/C19H14ClN7S2/c1-11-6-16(29-26-11)24-18-19-21-9-14(12-7-22-23-8-12)27(19)10-17(25-18)28-15-5-3-2-4-13(15)20/h2-10H,1H3,(H,22,23)(H,24,25). The number of nitrogens with one attached hydrogen (secondary N) is 2. The largest absolute Gasteiger partial charge is 0.328 e. The maximum absolute atomic E-state index is 6.35. The van der Waals surface area contributed by atoms with Crippen LogP contribution in [0.2, 0.25) is 5.02 Å². The van der Waals surface area contributed by atoms with Crippen molar-refractivity contribution in [2.75, 3.05) is 5.32 Å². The average molecular weight is 440 g/mol. The third kappa shape index (κ3) is 3.59. The summed E-state index contributed by atoms with van der Waals surface area (Å²) in [5, 5.41) is 12.6. The van der Waals surface area contributed by atoms with Crippen molar-refractivity contribution in [2.24, 2.45) is 0 Å². The van der Waals surface area contributed by atoms with Crippen molar-refractivity contribution in [2.45, 2.75) is 16.8 Å². The van der Waals surface area contributed by atoms with E-state index in [1.54, 1.807) is 6.20 Å². The van der Waals surface area contributed by atoms with E-state index in [9.17, 15) is 0 Å². The van der Waals surface area contributed by atoms with Crippen LogP contribution in [0.3, 0.4) is 0 Å². The van der Waals surface area contributed by atoms with E-state index < -0.39 is 0 Å². The lowest BCUT2D eigenvalue weighted by Gasteiger charge is -2.10. The molecule has 0 radical (unpaired) electrons. The fraction of sp³-hybridized carbons (Fsp3) is 0.0526. The first kappa shape index (κ1) is 18.2. The topological polar surface area (TPSA) is 83.8 Å². The number of fused-ring (bicyclic) bond motifs is 1. The number of benzene rings is 1. The van der Waals surface area contributed by atoms with E-state index in [0.717, 1.165) is 37.5 Å². The molecule has 5 aromatic rings. The van der Waals surface area contributed by atoms with Crippen LogP contribution in [0.25, 0.3) is 16.9 Å².